The number of rotatable bonds is 4. The van der Waals surface area contributed by atoms with Crippen LogP contribution < -0.4 is 0 Å². The van der Waals surface area contributed by atoms with Crippen LogP contribution in [0, 0.1) is 34.6 Å². The Bertz CT molecular complexity index is 4370. The molecule has 0 N–H and O–H groups in total. The predicted molar refractivity (Wildman–Crippen MR) is 292 cm³/mol. The minimum atomic E-state index is 1.24. The summed E-state index contributed by atoms with van der Waals surface area (Å²) in [5.41, 5.74) is 16.8. The first-order valence-corrected chi connectivity index (χ1v) is 23.7. The van der Waals surface area contributed by atoms with Gasteiger partial charge >= 0.3 is 0 Å². The van der Waals surface area contributed by atoms with Crippen LogP contribution in [0.2, 0.25) is 0 Å². The van der Waals surface area contributed by atoms with E-state index in [1.807, 2.05) is 0 Å². The lowest BCUT2D eigenvalue weighted by Gasteiger charge is -2.20. The lowest BCUT2D eigenvalue weighted by molar-refractivity contribution is 1.38. The molecule has 14 aromatic rings. The van der Waals surface area contributed by atoms with E-state index in [9.17, 15) is 0 Å². The van der Waals surface area contributed by atoms with Gasteiger partial charge in [-0.05, 0) is 228 Å². The quantitative estimate of drug-likeness (QED) is 0.155. The Hall–Kier alpha value is -8.06. The van der Waals surface area contributed by atoms with Crippen LogP contribution >= 0.6 is 0 Å². The minimum Gasteiger partial charge on any atom is -0.0622 e. The fourth-order valence-electron chi connectivity index (χ4n) is 12.7. The lowest BCUT2D eigenvalue weighted by Crippen LogP contribution is -1.92. The molecular weight excluding hydrogens is 805 g/mol. The molecule has 0 aliphatic rings. The Balaban J connectivity index is 1.23. The summed E-state index contributed by atoms with van der Waals surface area (Å²) in [7, 11) is 0. The van der Waals surface area contributed by atoms with Crippen LogP contribution in [-0.2, 0) is 0 Å². The van der Waals surface area contributed by atoms with Crippen molar-refractivity contribution < 1.29 is 0 Å². The Labute approximate surface area is 390 Å². The van der Waals surface area contributed by atoms with Gasteiger partial charge in [0.15, 0.2) is 0 Å². The SMILES string of the molecule is Cc1cc2c3cc(-c4c(C)cccc4C)ccc3c3cc4c(-c5cccc6ccccc56)c5c6cccc7c8cc(-c9c(C)cccc9C)ccc8cc(c5c(-c5ccccc5)c4c(c1)c23)c76. The van der Waals surface area contributed by atoms with Gasteiger partial charge in [-0.15, -0.1) is 0 Å². The zero-order valence-electron chi connectivity index (χ0n) is 38.4. The summed E-state index contributed by atoms with van der Waals surface area (Å²) in [4.78, 5) is 0. The maximum atomic E-state index is 2.58. The number of hydrogen-bond acceptors (Lipinski definition) is 0. The standard InChI is InChI=1S/C67H46/c1-37-31-54-53-35-46(60-40(4)17-12-18-41(60)5)29-30-48(53)55-36-58-64(49-24-13-22-42-19-9-10-23-47(42)49)66-51-26-14-25-50-52-34-45(59-38(2)15-11-16-39(59)3)28-27-44(52)33-57(62(50)51)67(66)61(43-20-7-6-8-21-43)65(58)56(32-37)63(54)55/h6-36H,1-5H3. The summed E-state index contributed by atoms with van der Waals surface area (Å²) in [6, 6.07) is 72.0. The van der Waals surface area contributed by atoms with Crippen molar-refractivity contribution in [2.45, 2.75) is 34.6 Å². The van der Waals surface area contributed by atoms with E-state index in [2.05, 4.69) is 223 Å². The second-order valence-electron chi connectivity index (χ2n) is 19.4. The second kappa shape index (κ2) is 14.0. The van der Waals surface area contributed by atoms with E-state index in [1.54, 1.807) is 0 Å². The Morgan fingerprint density at radius 2 is 0.776 bits per heavy atom. The van der Waals surface area contributed by atoms with Gasteiger partial charge in [-0.25, -0.2) is 0 Å². The highest BCUT2D eigenvalue weighted by molar-refractivity contribution is 6.46. The summed E-state index contributed by atoms with van der Waals surface area (Å²) >= 11 is 0. The topological polar surface area (TPSA) is 0 Å². The largest absolute Gasteiger partial charge is 0.0622 e. The summed E-state index contributed by atoms with van der Waals surface area (Å²) in [5, 5.41) is 23.6. The van der Waals surface area contributed by atoms with E-state index < -0.39 is 0 Å². The number of fused-ring (bicyclic) bond motifs is 11. The summed E-state index contributed by atoms with van der Waals surface area (Å²) in [5.74, 6) is 0. The smallest absolute Gasteiger partial charge is 0.000697 e. The summed E-state index contributed by atoms with van der Waals surface area (Å²) < 4.78 is 0. The number of benzene rings is 12. The molecule has 314 valence electrons. The molecule has 0 aliphatic carbocycles. The first kappa shape index (κ1) is 38.2. The summed E-state index contributed by atoms with van der Waals surface area (Å²) in [6.07, 6.45) is 0. The fraction of sp³-hybridized carbons (Fsp3) is 0.0746. The third kappa shape index (κ3) is 5.30. The Morgan fingerprint density at radius 1 is 0.224 bits per heavy atom. The van der Waals surface area contributed by atoms with Crippen molar-refractivity contribution in [3.05, 3.63) is 216 Å². The van der Waals surface area contributed by atoms with Crippen LogP contribution in [0.4, 0.5) is 0 Å². The Kier molecular flexibility index (Phi) is 7.97. The highest BCUT2D eigenvalue weighted by Crippen LogP contribution is 2.56. The van der Waals surface area contributed by atoms with E-state index in [0.717, 1.165) is 0 Å². The Morgan fingerprint density at radius 3 is 1.54 bits per heavy atom. The summed E-state index contributed by atoms with van der Waals surface area (Å²) in [6.45, 7) is 11.3. The number of hydrogen-bond donors (Lipinski definition) is 0. The van der Waals surface area contributed by atoms with Gasteiger partial charge in [0, 0.05) is 0 Å². The highest BCUT2D eigenvalue weighted by Gasteiger charge is 2.28. The number of aryl methyl sites for hydroxylation is 5. The van der Waals surface area contributed by atoms with Gasteiger partial charge in [-0.1, -0.05) is 164 Å². The molecule has 0 fully saturated rings. The second-order valence-corrected chi connectivity index (χ2v) is 19.4. The molecule has 0 saturated heterocycles. The molecule has 0 atom stereocenters. The van der Waals surface area contributed by atoms with Gasteiger partial charge < -0.3 is 0 Å². The van der Waals surface area contributed by atoms with Gasteiger partial charge in [0.1, 0.15) is 0 Å². The van der Waals surface area contributed by atoms with Gasteiger partial charge in [-0.2, -0.15) is 0 Å². The molecule has 0 radical (unpaired) electrons. The van der Waals surface area contributed by atoms with E-state index in [0.29, 0.717) is 0 Å². The molecule has 0 saturated carbocycles. The average molecular weight is 851 g/mol. The molecule has 0 spiro atoms. The zero-order chi connectivity index (χ0) is 44.8. The molecule has 0 nitrogen and oxygen atoms in total. The molecule has 14 aromatic carbocycles. The van der Waals surface area contributed by atoms with Gasteiger partial charge in [0.05, 0.1) is 0 Å². The van der Waals surface area contributed by atoms with E-state index in [4.69, 9.17) is 0 Å². The zero-order valence-corrected chi connectivity index (χ0v) is 38.4. The molecule has 0 aromatic heterocycles. The highest BCUT2D eigenvalue weighted by atomic mass is 14.3. The molecule has 0 aliphatic heterocycles. The third-order valence-electron chi connectivity index (χ3n) is 15.4. The fourth-order valence-corrected chi connectivity index (χ4v) is 12.7. The van der Waals surface area contributed by atoms with Crippen molar-refractivity contribution in [1.82, 2.24) is 0 Å². The van der Waals surface area contributed by atoms with E-state index in [-0.39, 0.29) is 0 Å². The maximum Gasteiger partial charge on any atom is -0.000697 e. The molecule has 0 amide bonds. The van der Waals surface area contributed by atoms with Crippen molar-refractivity contribution in [3.63, 3.8) is 0 Å². The third-order valence-corrected chi connectivity index (χ3v) is 15.4. The molecule has 0 heteroatoms. The minimum absolute atomic E-state index is 1.24. The van der Waals surface area contributed by atoms with Crippen LogP contribution in [0.1, 0.15) is 27.8 Å². The van der Waals surface area contributed by atoms with Crippen molar-refractivity contribution in [2.24, 2.45) is 0 Å². The maximum absolute atomic E-state index is 2.58. The lowest BCUT2D eigenvalue weighted by atomic mass is 9.82. The van der Waals surface area contributed by atoms with Crippen LogP contribution in [0.5, 0.6) is 0 Å². The average Bonchev–Trinajstić information content (AvgIpc) is 3.83. The first-order chi connectivity index (χ1) is 32.8. The van der Waals surface area contributed by atoms with Crippen molar-refractivity contribution >= 4 is 97.0 Å². The van der Waals surface area contributed by atoms with E-state index in [1.165, 1.54) is 169 Å². The normalized spacial score (nSPS) is 12.3. The molecule has 67 heavy (non-hydrogen) atoms. The predicted octanol–water partition coefficient (Wildman–Crippen LogP) is 19.2. The van der Waals surface area contributed by atoms with Gasteiger partial charge in [0.25, 0.3) is 0 Å². The van der Waals surface area contributed by atoms with Crippen LogP contribution in [0.15, 0.2) is 188 Å². The van der Waals surface area contributed by atoms with Crippen molar-refractivity contribution in [3.8, 4) is 44.5 Å². The van der Waals surface area contributed by atoms with E-state index >= 15 is 0 Å². The van der Waals surface area contributed by atoms with Crippen molar-refractivity contribution in [2.75, 3.05) is 0 Å². The molecule has 14 rings (SSSR count). The van der Waals surface area contributed by atoms with Gasteiger partial charge in [0.2, 0.25) is 0 Å². The van der Waals surface area contributed by atoms with Crippen LogP contribution in [-0.4, -0.2) is 0 Å². The molecule has 0 bridgehead atoms. The van der Waals surface area contributed by atoms with Crippen LogP contribution in [0.25, 0.3) is 141 Å². The monoisotopic (exact) mass is 850 g/mol. The molecule has 0 unspecified atom stereocenters. The first-order valence-electron chi connectivity index (χ1n) is 23.7. The van der Waals surface area contributed by atoms with Gasteiger partial charge in [-0.3, -0.25) is 0 Å². The van der Waals surface area contributed by atoms with Crippen LogP contribution in [0.3, 0.4) is 0 Å². The molecular formula is C67H46. The molecule has 0 heterocycles. The van der Waals surface area contributed by atoms with Crippen molar-refractivity contribution in [1.29, 1.82) is 0 Å².